The van der Waals surface area contributed by atoms with E-state index in [4.69, 9.17) is 4.74 Å². The molecule has 1 saturated heterocycles. The molecule has 5 heteroatoms. The molecule has 0 unspecified atom stereocenters. The van der Waals surface area contributed by atoms with E-state index in [9.17, 15) is 14.0 Å². The fraction of sp³-hybridized carbons (Fsp3) is 0.467. The summed E-state index contributed by atoms with van der Waals surface area (Å²) in [5.74, 6) is -0.0433. The Labute approximate surface area is 121 Å². The molecule has 3 atom stereocenters. The molecule has 0 bridgehead atoms. The van der Waals surface area contributed by atoms with Gasteiger partial charge in [0, 0.05) is 17.6 Å². The minimum absolute atomic E-state index is 0.00692. The first kappa shape index (κ1) is 15.0. The largest absolute Gasteiger partial charge is 0.466 e. The van der Waals surface area contributed by atoms with Crippen molar-refractivity contribution in [3.8, 4) is 0 Å². The van der Waals surface area contributed by atoms with Crippen LogP contribution in [0.4, 0.5) is 4.39 Å². The molecular weight excluding hydrogens is 279 g/mol. The monoisotopic (exact) mass is 296 g/mol. The molecule has 0 radical (unpaired) electrons. The normalized spacial score (nSPS) is 25.4. The molecule has 1 aromatic carbocycles. The lowest BCUT2D eigenvalue weighted by Crippen LogP contribution is -2.20. The van der Waals surface area contributed by atoms with E-state index in [2.05, 4.69) is 0 Å². The minimum Gasteiger partial charge on any atom is -0.466 e. The van der Waals surface area contributed by atoms with Crippen molar-refractivity contribution in [1.82, 2.24) is 0 Å². The number of rotatable bonds is 5. The van der Waals surface area contributed by atoms with Gasteiger partial charge < -0.3 is 9.53 Å². The summed E-state index contributed by atoms with van der Waals surface area (Å²) in [6.45, 7) is 2.12. The average Bonchev–Trinajstić information content (AvgIpc) is 2.82. The molecule has 1 aliphatic rings. The highest BCUT2D eigenvalue weighted by atomic mass is 32.2. The summed E-state index contributed by atoms with van der Waals surface area (Å²) < 4.78 is 17.9. The van der Waals surface area contributed by atoms with E-state index in [-0.39, 0.29) is 35.3 Å². The molecule has 20 heavy (non-hydrogen) atoms. The number of hydrogen-bond acceptors (Lipinski definition) is 4. The molecule has 1 fully saturated rings. The molecule has 0 saturated carbocycles. The van der Waals surface area contributed by atoms with E-state index >= 15 is 0 Å². The first-order valence-corrected chi connectivity index (χ1v) is 7.68. The highest BCUT2D eigenvalue weighted by Crippen LogP contribution is 2.48. The number of ether oxygens (including phenoxy) is 1. The Morgan fingerprint density at radius 1 is 1.45 bits per heavy atom. The lowest BCUT2D eigenvalue weighted by molar-refractivity contribution is -0.144. The van der Waals surface area contributed by atoms with Gasteiger partial charge in [0.2, 0.25) is 0 Å². The Morgan fingerprint density at radius 3 is 2.75 bits per heavy atom. The van der Waals surface area contributed by atoms with Crippen LogP contribution in [0.1, 0.15) is 24.2 Å². The van der Waals surface area contributed by atoms with Crippen LogP contribution in [0.5, 0.6) is 0 Å². The van der Waals surface area contributed by atoms with Crippen molar-refractivity contribution in [3.63, 3.8) is 0 Å². The van der Waals surface area contributed by atoms with E-state index < -0.39 is 0 Å². The Kier molecular flexibility index (Phi) is 5.17. The van der Waals surface area contributed by atoms with Gasteiger partial charge in [0.25, 0.3) is 0 Å². The van der Waals surface area contributed by atoms with Crippen molar-refractivity contribution >= 4 is 24.0 Å². The first-order chi connectivity index (χ1) is 9.65. The van der Waals surface area contributed by atoms with Crippen LogP contribution < -0.4 is 0 Å². The zero-order chi connectivity index (χ0) is 14.5. The molecule has 0 spiro atoms. The van der Waals surface area contributed by atoms with Crippen molar-refractivity contribution in [2.24, 2.45) is 11.8 Å². The number of halogens is 1. The maximum atomic E-state index is 12.9. The summed E-state index contributed by atoms with van der Waals surface area (Å²) in [7, 11) is 0. The lowest BCUT2D eigenvalue weighted by Gasteiger charge is -2.18. The Morgan fingerprint density at radius 2 is 2.15 bits per heavy atom. The number of esters is 1. The SMILES string of the molecule is CCOC(=O)C[C@@H]1CS[C@H](c2ccc(F)cc2)[C@H]1C=O. The molecule has 0 aromatic heterocycles. The van der Waals surface area contributed by atoms with Crippen molar-refractivity contribution in [2.75, 3.05) is 12.4 Å². The predicted molar refractivity (Wildman–Crippen MR) is 75.9 cm³/mol. The number of aldehydes is 1. The number of carbonyl (C=O) groups is 2. The third kappa shape index (κ3) is 3.39. The van der Waals surface area contributed by atoms with Gasteiger partial charge in [-0.1, -0.05) is 12.1 Å². The standard InChI is InChI=1S/C15H17FO3S/c1-2-19-14(18)7-11-9-20-15(13(11)8-17)10-3-5-12(16)6-4-10/h3-6,8,11,13,15H,2,7,9H2,1H3/t11-,13+,15-/m1/s1. The zero-order valence-corrected chi connectivity index (χ0v) is 12.1. The maximum Gasteiger partial charge on any atom is 0.306 e. The van der Waals surface area contributed by atoms with E-state index in [1.807, 2.05) is 0 Å². The van der Waals surface area contributed by atoms with Gasteiger partial charge in [-0.3, -0.25) is 4.79 Å². The number of carbonyl (C=O) groups excluding carboxylic acids is 2. The molecule has 0 amide bonds. The van der Waals surface area contributed by atoms with Crippen LogP contribution in [0.3, 0.4) is 0 Å². The topological polar surface area (TPSA) is 43.4 Å². The fourth-order valence-electron chi connectivity index (χ4n) is 2.48. The summed E-state index contributed by atoms with van der Waals surface area (Å²) in [6, 6.07) is 6.21. The van der Waals surface area contributed by atoms with Gasteiger partial charge in [0.1, 0.15) is 12.1 Å². The van der Waals surface area contributed by atoms with Gasteiger partial charge in [-0.15, -0.1) is 0 Å². The average molecular weight is 296 g/mol. The smallest absolute Gasteiger partial charge is 0.306 e. The summed E-state index contributed by atoms with van der Waals surface area (Å²) in [5.41, 5.74) is 0.930. The van der Waals surface area contributed by atoms with Gasteiger partial charge in [0.15, 0.2) is 0 Å². The van der Waals surface area contributed by atoms with E-state index in [1.54, 1.807) is 30.8 Å². The Balaban J connectivity index is 2.07. The number of hydrogen-bond donors (Lipinski definition) is 0. The van der Waals surface area contributed by atoms with Crippen molar-refractivity contribution in [1.29, 1.82) is 0 Å². The van der Waals surface area contributed by atoms with Gasteiger partial charge in [-0.05, 0) is 36.3 Å². The zero-order valence-electron chi connectivity index (χ0n) is 11.3. The molecule has 108 valence electrons. The molecular formula is C15H17FO3S. The first-order valence-electron chi connectivity index (χ1n) is 6.63. The second-order valence-electron chi connectivity index (χ2n) is 4.79. The molecule has 0 aliphatic carbocycles. The summed E-state index contributed by atoms with van der Waals surface area (Å²) in [5, 5.41) is -0.00692. The van der Waals surface area contributed by atoms with Gasteiger partial charge in [-0.25, -0.2) is 4.39 Å². The highest BCUT2D eigenvalue weighted by Gasteiger charge is 2.38. The van der Waals surface area contributed by atoms with E-state index in [0.717, 1.165) is 17.6 Å². The Bertz CT molecular complexity index is 475. The van der Waals surface area contributed by atoms with Crippen LogP contribution in [0.15, 0.2) is 24.3 Å². The van der Waals surface area contributed by atoms with Crippen LogP contribution in [0.2, 0.25) is 0 Å². The third-order valence-electron chi connectivity index (χ3n) is 3.47. The minimum atomic E-state index is -0.289. The van der Waals surface area contributed by atoms with Gasteiger partial charge in [0.05, 0.1) is 6.61 Å². The fourth-order valence-corrected chi connectivity index (χ4v) is 4.13. The molecule has 0 N–H and O–H groups in total. The molecule has 2 rings (SSSR count). The van der Waals surface area contributed by atoms with Gasteiger partial charge >= 0.3 is 5.97 Å². The summed E-state index contributed by atoms with van der Waals surface area (Å²) in [6.07, 6.45) is 1.18. The second-order valence-corrected chi connectivity index (χ2v) is 5.96. The Hall–Kier alpha value is -1.36. The van der Waals surface area contributed by atoms with Crippen molar-refractivity contribution in [2.45, 2.75) is 18.6 Å². The number of benzene rings is 1. The van der Waals surface area contributed by atoms with E-state index in [0.29, 0.717) is 6.61 Å². The predicted octanol–water partition coefficient (Wildman–Crippen LogP) is 3.00. The lowest BCUT2D eigenvalue weighted by atomic mass is 9.87. The maximum absolute atomic E-state index is 12.9. The van der Waals surface area contributed by atoms with Crippen LogP contribution in [-0.2, 0) is 14.3 Å². The van der Waals surface area contributed by atoms with E-state index in [1.165, 1.54) is 12.1 Å². The highest BCUT2D eigenvalue weighted by molar-refractivity contribution is 7.99. The second kappa shape index (κ2) is 6.88. The van der Waals surface area contributed by atoms with Crippen molar-refractivity contribution in [3.05, 3.63) is 35.6 Å². The van der Waals surface area contributed by atoms with Gasteiger partial charge in [-0.2, -0.15) is 11.8 Å². The van der Waals surface area contributed by atoms with Crippen LogP contribution >= 0.6 is 11.8 Å². The molecule has 1 heterocycles. The van der Waals surface area contributed by atoms with Crippen molar-refractivity contribution < 1.29 is 18.7 Å². The third-order valence-corrected chi connectivity index (χ3v) is 5.04. The molecule has 1 aromatic rings. The molecule has 1 aliphatic heterocycles. The quantitative estimate of drug-likeness (QED) is 0.619. The van der Waals surface area contributed by atoms with Crippen LogP contribution in [-0.4, -0.2) is 24.6 Å². The number of thioether (sulfide) groups is 1. The van der Waals surface area contributed by atoms with Crippen LogP contribution in [0.25, 0.3) is 0 Å². The van der Waals surface area contributed by atoms with Crippen LogP contribution in [0, 0.1) is 17.7 Å². The summed E-state index contributed by atoms with van der Waals surface area (Å²) >= 11 is 1.64. The summed E-state index contributed by atoms with van der Waals surface area (Å²) in [4.78, 5) is 22.9. The molecule has 3 nitrogen and oxygen atoms in total.